The third kappa shape index (κ3) is 2.61. The largest absolute Gasteiger partial charge is 0.497 e. The van der Waals surface area contributed by atoms with Crippen molar-refractivity contribution in [3.8, 4) is 34.0 Å². The fourth-order valence-electron chi connectivity index (χ4n) is 2.32. The molecule has 0 radical (unpaired) electrons. The first-order valence-electron chi connectivity index (χ1n) is 6.85. The number of nitrogens with two attached hydrogens (primary N) is 1. The summed E-state index contributed by atoms with van der Waals surface area (Å²) in [5.41, 5.74) is 9.51. The molecule has 0 aliphatic heterocycles. The average molecular weight is 295 g/mol. The number of methoxy groups -OCH3 is 2. The van der Waals surface area contributed by atoms with Crippen molar-refractivity contribution in [3.63, 3.8) is 0 Å². The van der Waals surface area contributed by atoms with Crippen LogP contribution in [0.5, 0.6) is 11.5 Å². The molecule has 0 unspecified atom stereocenters. The molecule has 0 saturated heterocycles. The molecule has 3 N–H and O–H groups in total. The summed E-state index contributed by atoms with van der Waals surface area (Å²) >= 11 is 0. The fraction of sp³-hybridized carbons (Fsp3) is 0.118. The summed E-state index contributed by atoms with van der Waals surface area (Å²) in [4.78, 5) is 7.53. The van der Waals surface area contributed by atoms with Crippen LogP contribution >= 0.6 is 0 Å². The van der Waals surface area contributed by atoms with Gasteiger partial charge >= 0.3 is 0 Å². The van der Waals surface area contributed by atoms with Gasteiger partial charge in [-0.15, -0.1) is 0 Å². The van der Waals surface area contributed by atoms with Gasteiger partial charge in [0, 0.05) is 11.1 Å². The Morgan fingerprint density at radius 2 is 1.32 bits per heavy atom. The van der Waals surface area contributed by atoms with E-state index in [9.17, 15) is 0 Å². The van der Waals surface area contributed by atoms with Gasteiger partial charge in [-0.2, -0.15) is 0 Å². The summed E-state index contributed by atoms with van der Waals surface area (Å²) in [6.45, 7) is 0. The molecule has 112 valence electrons. The quantitative estimate of drug-likeness (QED) is 0.774. The highest BCUT2D eigenvalue weighted by Gasteiger charge is 2.13. The van der Waals surface area contributed by atoms with E-state index in [2.05, 4.69) is 9.97 Å². The minimum Gasteiger partial charge on any atom is -0.497 e. The summed E-state index contributed by atoms with van der Waals surface area (Å²) in [5, 5.41) is 0. The van der Waals surface area contributed by atoms with Gasteiger partial charge in [0.15, 0.2) is 5.95 Å². The lowest BCUT2D eigenvalue weighted by atomic mass is 10.0. The molecule has 0 atom stereocenters. The molecule has 22 heavy (non-hydrogen) atoms. The molecule has 3 aromatic rings. The van der Waals surface area contributed by atoms with Crippen molar-refractivity contribution < 1.29 is 9.47 Å². The van der Waals surface area contributed by atoms with Crippen LogP contribution in [-0.2, 0) is 0 Å². The molecular formula is C17H17N3O2. The maximum atomic E-state index is 5.85. The molecule has 0 aliphatic rings. The van der Waals surface area contributed by atoms with Crippen molar-refractivity contribution >= 4 is 5.95 Å². The van der Waals surface area contributed by atoms with E-state index in [0.29, 0.717) is 5.95 Å². The smallest absolute Gasteiger partial charge is 0.198 e. The number of rotatable bonds is 4. The van der Waals surface area contributed by atoms with Crippen LogP contribution in [0.2, 0.25) is 0 Å². The monoisotopic (exact) mass is 295 g/mol. The molecule has 0 amide bonds. The Labute approximate surface area is 128 Å². The zero-order valence-corrected chi connectivity index (χ0v) is 12.5. The lowest BCUT2D eigenvalue weighted by Crippen LogP contribution is -1.87. The van der Waals surface area contributed by atoms with Crippen LogP contribution in [0.1, 0.15) is 0 Å². The highest BCUT2D eigenvalue weighted by Crippen LogP contribution is 2.32. The van der Waals surface area contributed by atoms with Crippen molar-refractivity contribution in [1.82, 2.24) is 9.97 Å². The molecule has 0 saturated carbocycles. The number of ether oxygens (including phenoxy) is 2. The first-order chi connectivity index (χ1) is 10.7. The highest BCUT2D eigenvalue weighted by molar-refractivity contribution is 5.80. The Morgan fingerprint density at radius 3 is 1.82 bits per heavy atom. The zero-order chi connectivity index (χ0) is 15.5. The SMILES string of the molecule is COc1ccc(-c2nc(N)[nH]c2-c2ccc(OC)cc2)cc1. The fourth-order valence-corrected chi connectivity index (χ4v) is 2.32. The predicted octanol–water partition coefficient (Wildman–Crippen LogP) is 3.34. The second-order valence-electron chi connectivity index (χ2n) is 4.80. The molecule has 0 fully saturated rings. The second-order valence-corrected chi connectivity index (χ2v) is 4.80. The van der Waals surface area contributed by atoms with Crippen molar-refractivity contribution in [1.29, 1.82) is 0 Å². The Kier molecular flexibility index (Phi) is 3.70. The summed E-state index contributed by atoms with van der Waals surface area (Å²) in [6, 6.07) is 15.5. The van der Waals surface area contributed by atoms with Crippen LogP contribution < -0.4 is 15.2 Å². The minimum absolute atomic E-state index is 0.386. The number of benzene rings is 2. The number of anilines is 1. The number of hydrogen-bond acceptors (Lipinski definition) is 4. The maximum absolute atomic E-state index is 5.85. The summed E-state index contributed by atoms with van der Waals surface area (Å²) in [6.07, 6.45) is 0. The zero-order valence-electron chi connectivity index (χ0n) is 12.5. The molecule has 0 aliphatic carbocycles. The summed E-state index contributed by atoms with van der Waals surface area (Å²) in [7, 11) is 3.29. The topological polar surface area (TPSA) is 73.2 Å². The molecule has 5 nitrogen and oxygen atoms in total. The Balaban J connectivity index is 2.04. The highest BCUT2D eigenvalue weighted by atomic mass is 16.5. The first kappa shape index (κ1) is 14.0. The van der Waals surface area contributed by atoms with E-state index in [1.807, 2.05) is 48.5 Å². The lowest BCUT2D eigenvalue weighted by molar-refractivity contribution is 0.414. The van der Waals surface area contributed by atoms with Gasteiger partial charge in [-0.1, -0.05) is 0 Å². The van der Waals surface area contributed by atoms with Crippen LogP contribution in [0.25, 0.3) is 22.5 Å². The van der Waals surface area contributed by atoms with Gasteiger partial charge in [0.1, 0.15) is 11.5 Å². The van der Waals surface area contributed by atoms with E-state index >= 15 is 0 Å². The standard InChI is InChI=1S/C17H17N3O2/c1-21-13-7-3-11(4-8-13)15-16(20-17(18)19-15)12-5-9-14(22-2)10-6-12/h3-10H,1-2H3,(H3,18,19,20). The van der Waals surface area contributed by atoms with Crippen LogP contribution in [0, 0.1) is 0 Å². The molecular weight excluding hydrogens is 278 g/mol. The van der Waals surface area contributed by atoms with Gasteiger partial charge in [0.2, 0.25) is 0 Å². The van der Waals surface area contributed by atoms with E-state index < -0.39 is 0 Å². The lowest BCUT2D eigenvalue weighted by Gasteiger charge is -2.05. The molecule has 1 heterocycles. The van der Waals surface area contributed by atoms with Crippen LogP contribution in [0.15, 0.2) is 48.5 Å². The van der Waals surface area contributed by atoms with Crippen molar-refractivity contribution in [2.24, 2.45) is 0 Å². The molecule has 0 bridgehead atoms. The van der Waals surface area contributed by atoms with Crippen molar-refractivity contribution in [2.45, 2.75) is 0 Å². The molecule has 0 spiro atoms. The Hall–Kier alpha value is -2.95. The molecule has 3 rings (SSSR count). The number of hydrogen-bond donors (Lipinski definition) is 2. The van der Waals surface area contributed by atoms with Gasteiger partial charge in [-0.05, 0) is 48.5 Å². The van der Waals surface area contributed by atoms with Gasteiger partial charge in [-0.3, -0.25) is 0 Å². The Morgan fingerprint density at radius 1 is 0.818 bits per heavy atom. The molecule has 2 aromatic carbocycles. The number of H-pyrrole nitrogens is 1. The number of nitrogen functional groups attached to an aromatic ring is 1. The molecule has 1 aromatic heterocycles. The number of aromatic amines is 1. The number of nitrogens with zero attached hydrogens (tertiary/aromatic N) is 1. The van der Waals surface area contributed by atoms with Crippen molar-refractivity contribution in [2.75, 3.05) is 20.0 Å². The molecule has 5 heteroatoms. The van der Waals surface area contributed by atoms with E-state index in [0.717, 1.165) is 34.0 Å². The third-order valence-electron chi connectivity index (χ3n) is 3.46. The van der Waals surface area contributed by atoms with Crippen LogP contribution in [-0.4, -0.2) is 24.2 Å². The normalized spacial score (nSPS) is 10.5. The predicted molar refractivity (Wildman–Crippen MR) is 87.0 cm³/mol. The van der Waals surface area contributed by atoms with Gasteiger partial charge < -0.3 is 20.2 Å². The third-order valence-corrected chi connectivity index (χ3v) is 3.46. The van der Waals surface area contributed by atoms with Crippen LogP contribution in [0.3, 0.4) is 0 Å². The van der Waals surface area contributed by atoms with Gasteiger partial charge in [0.25, 0.3) is 0 Å². The van der Waals surface area contributed by atoms with Crippen molar-refractivity contribution in [3.05, 3.63) is 48.5 Å². The maximum Gasteiger partial charge on any atom is 0.198 e. The average Bonchev–Trinajstić information content (AvgIpc) is 2.97. The number of aromatic nitrogens is 2. The van der Waals surface area contributed by atoms with E-state index in [4.69, 9.17) is 15.2 Å². The van der Waals surface area contributed by atoms with Gasteiger partial charge in [0.05, 0.1) is 25.6 Å². The number of nitrogens with one attached hydrogen (secondary N) is 1. The Bertz CT molecular complexity index is 697. The second kappa shape index (κ2) is 5.81. The summed E-state index contributed by atoms with van der Waals surface area (Å²) in [5.74, 6) is 2.00. The summed E-state index contributed by atoms with van der Waals surface area (Å²) < 4.78 is 10.4. The van der Waals surface area contributed by atoms with E-state index in [1.165, 1.54) is 0 Å². The minimum atomic E-state index is 0.386. The van der Waals surface area contributed by atoms with E-state index in [-0.39, 0.29) is 0 Å². The van der Waals surface area contributed by atoms with Crippen LogP contribution in [0.4, 0.5) is 5.95 Å². The number of imidazole rings is 1. The van der Waals surface area contributed by atoms with Gasteiger partial charge in [-0.25, -0.2) is 4.98 Å². The van der Waals surface area contributed by atoms with E-state index in [1.54, 1.807) is 14.2 Å². The first-order valence-corrected chi connectivity index (χ1v) is 6.85.